The van der Waals surface area contributed by atoms with E-state index in [1.807, 2.05) is 51.1 Å². The summed E-state index contributed by atoms with van der Waals surface area (Å²) in [6.45, 7) is 5.92. The molecule has 0 amide bonds. The Hall–Kier alpha value is -3.72. The van der Waals surface area contributed by atoms with Crippen molar-refractivity contribution in [1.29, 1.82) is 0 Å². The van der Waals surface area contributed by atoms with E-state index in [-0.39, 0.29) is 4.90 Å². The predicted molar refractivity (Wildman–Crippen MR) is 125 cm³/mol. The van der Waals surface area contributed by atoms with Gasteiger partial charge in [-0.25, -0.2) is 13.1 Å². The van der Waals surface area contributed by atoms with Gasteiger partial charge in [-0.3, -0.25) is 4.72 Å². The molecule has 2 heterocycles. The molecule has 0 spiro atoms. The van der Waals surface area contributed by atoms with Gasteiger partial charge >= 0.3 is 0 Å². The SMILES string of the molecule is CCc1ccc(S(=O)(=O)Nc2ccc(Nc3ccc(-n4nc(C)cc4C)nn3)cc2)cc1. The summed E-state index contributed by atoms with van der Waals surface area (Å²) in [4.78, 5) is 0.231. The van der Waals surface area contributed by atoms with Gasteiger partial charge in [0.1, 0.15) is 0 Å². The van der Waals surface area contributed by atoms with Crippen molar-refractivity contribution in [2.24, 2.45) is 0 Å². The summed E-state index contributed by atoms with van der Waals surface area (Å²) in [5.41, 5.74) is 4.22. The van der Waals surface area contributed by atoms with E-state index >= 15 is 0 Å². The fraction of sp³-hybridized carbons (Fsp3) is 0.174. The van der Waals surface area contributed by atoms with Gasteiger partial charge in [0.15, 0.2) is 11.6 Å². The molecule has 2 aromatic heterocycles. The molecule has 164 valence electrons. The monoisotopic (exact) mass is 448 g/mol. The average Bonchev–Trinajstić information content (AvgIpc) is 3.13. The molecule has 0 saturated carbocycles. The maximum atomic E-state index is 12.6. The number of hydrogen-bond donors (Lipinski definition) is 2. The lowest BCUT2D eigenvalue weighted by Crippen LogP contribution is -2.12. The first-order valence-corrected chi connectivity index (χ1v) is 11.7. The van der Waals surface area contributed by atoms with Crippen LogP contribution in [-0.2, 0) is 16.4 Å². The molecule has 8 nitrogen and oxygen atoms in total. The topological polar surface area (TPSA) is 102 Å². The molecule has 0 atom stereocenters. The van der Waals surface area contributed by atoms with Gasteiger partial charge in [0.05, 0.1) is 10.6 Å². The summed E-state index contributed by atoms with van der Waals surface area (Å²) in [6.07, 6.45) is 0.859. The van der Waals surface area contributed by atoms with Gasteiger partial charge in [-0.15, -0.1) is 10.2 Å². The van der Waals surface area contributed by atoms with Crippen LogP contribution < -0.4 is 10.0 Å². The molecule has 32 heavy (non-hydrogen) atoms. The van der Waals surface area contributed by atoms with E-state index < -0.39 is 10.0 Å². The number of anilines is 3. The quantitative estimate of drug-likeness (QED) is 0.435. The number of nitrogens with one attached hydrogen (secondary N) is 2. The lowest BCUT2D eigenvalue weighted by Gasteiger charge is -2.10. The molecule has 0 aliphatic carbocycles. The van der Waals surface area contributed by atoms with Crippen LogP contribution in [0.5, 0.6) is 0 Å². The molecule has 4 rings (SSSR count). The molecule has 2 aromatic carbocycles. The van der Waals surface area contributed by atoms with Crippen LogP contribution in [0, 0.1) is 13.8 Å². The van der Waals surface area contributed by atoms with Gasteiger partial charge in [0, 0.05) is 17.1 Å². The molecule has 2 N–H and O–H groups in total. The minimum Gasteiger partial charge on any atom is -0.339 e. The van der Waals surface area contributed by atoms with Gasteiger partial charge in [-0.2, -0.15) is 5.10 Å². The third-order valence-corrected chi connectivity index (χ3v) is 6.33. The first-order chi connectivity index (χ1) is 15.3. The highest BCUT2D eigenvalue weighted by atomic mass is 32.2. The van der Waals surface area contributed by atoms with E-state index in [1.165, 1.54) is 0 Å². The molecule has 4 aromatic rings. The number of aromatic nitrogens is 4. The third-order valence-electron chi connectivity index (χ3n) is 4.93. The van der Waals surface area contributed by atoms with Crippen LogP contribution in [0.4, 0.5) is 17.2 Å². The highest BCUT2D eigenvalue weighted by Gasteiger charge is 2.14. The Morgan fingerprint density at radius 2 is 1.56 bits per heavy atom. The highest BCUT2D eigenvalue weighted by Crippen LogP contribution is 2.21. The van der Waals surface area contributed by atoms with E-state index in [0.717, 1.165) is 29.1 Å². The molecule has 0 radical (unpaired) electrons. The smallest absolute Gasteiger partial charge is 0.261 e. The Labute approximate surface area is 187 Å². The first kappa shape index (κ1) is 21.5. The Bertz CT molecular complexity index is 1310. The molecule has 0 aliphatic rings. The molecule has 0 saturated heterocycles. The van der Waals surface area contributed by atoms with E-state index in [9.17, 15) is 8.42 Å². The van der Waals surface area contributed by atoms with Crippen molar-refractivity contribution in [3.63, 3.8) is 0 Å². The molecular weight excluding hydrogens is 424 g/mol. The van der Waals surface area contributed by atoms with Gasteiger partial charge in [0.2, 0.25) is 0 Å². The molecule has 0 bridgehead atoms. The van der Waals surface area contributed by atoms with Crippen LogP contribution in [0.2, 0.25) is 0 Å². The van der Waals surface area contributed by atoms with Gasteiger partial charge in [-0.05, 0) is 80.4 Å². The number of benzene rings is 2. The maximum Gasteiger partial charge on any atom is 0.261 e. The second kappa shape index (κ2) is 8.80. The maximum absolute atomic E-state index is 12.6. The molecule has 0 unspecified atom stereocenters. The summed E-state index contributed by atoms with van der Waals surface area (Å²) in [7, 11) is -3.64. The average molecular weight is 449 g/mol. The largest absolute Gasteiger partial charge is 0.339 e. The van der Waals surface area contributed by atoms with Crippen molar-refractivity contribution >= 4 is 27.2 Å². The Morgan fingerprint density at radius 3 is 2.12 bits per heavy atom. The van der Waals surface area contributed by atoms with Gasteiger partial charge in [0.25, 0.3) is 10.0 Å². The van der Waals surface area contributed by atoms with Crippen molar-refractivity contribution < 1.29 is 8.42 Å². The minimum absolute atomic E-state index is 0.231. The highest BCUT2D eigenvalue weighted by molar-refractivity contribution is 7.92. The summed E-state index contributed by atoms with van der Waals surface area (Å²) in [6, 6.07) is 19.4. The van der Waals surface area contributed by atoms with Crippen LogP contribution in [-0.4, -0.2) is 28.4 Å². The third kappa shape index (κ3) is 4.78. The first-order valence-electron chi connectivity index (χ1n) is 10.2. The van der Waals surface area contributed by atoms with Crippen LogP contribution in [0.3, 0.4) is 0 Å². The van der Waals surface area contributed by atoms with Crippen LogP contribution >= 0.6 is 0 Å². The summed E-state index contributed by atoms with van der Waals surface area (Å²) in [5, 5.41) is 16.0. The van der Waals surface area contributed by atoms with E-state index in [2.05, 4.69) is 25.3 Å². The standard InChI is InChI=1S/C23H24N6O2S/c1-4-18-5-11-21(12-6-18)32(30,31)28-20-9-7-19(8-10-20)24-22-13-14-23(26-25-22)29-17(3)15-16(2)27-29/h5-15,28H,4H2,1-3H3,(H,24,25). The van der Waals surface area contributed by atoms with Crippen molar-refractivity contribution in [3.8, 4) is 5.82 Å². The zero-order chi connectivity index (χ0) is 22.7. The van der Waals surface area contributed by atoms with Crippen LogP contribution in [0.25, 0.3) is 5.82 Å². The van der Waals surface area contributed by atoms with Crippen molar-refractivity contribution in [3.05, 3.63) is 83.7 Å². The van der Waals surface area contributed by atoms with Crippen molar-refractivity contribution in [2.75, 3.05) is 10.0 Å². The molecule has 0 fully saturated rings. The number of rotatable bonds is 7. The fourth-order valence-electron chi connectivity index (χ4n) is 3.25. The number of sulfonamides is 1. The zero-order valence-corrected chi connectivity index (χ0v) is 18.9. The van der Waals surface area contributed by atoms with E-state index in [0.29, 0.717) is 17.3 Å². The van der Waals surface area contributed by atoms with Crippen molar-refractivity contribution in [1.82, 2.24) is 20.0 Å². The minimum atomic E-state index is -3.64. The molecule has 0 aliphatic heterocycles. The van der Waals surface area contributed by atoms with Gasteiger partial charge in [-0.1, -0.05) is 19.1 Å². The Balaban J connectivity index is 1.43. The lowest BCUT2D eigenvalue weighted by molar-refractivity contribution is 0.601. The summed E-state index contributed by atoms with van der Waals surface area (Å²) >= 11 is 0. The Morgan fingerprint density at radius 1 is 0.875 bits per heavy atom. The summed E-state index contributed by atoms with van der Waals surface area (Å²) in [5.74, 6) is 1.21. The molecule has 9 heteroatoms. The van der Waals surface area contributed by atoms with Crippen LogP contribution in [0.1, 0.15) is 23.9 Å². The lowest BCUT2D eigenvalue weighted by atomic mass is 10.2. The number of aryl methyl sites for hydroxylation is 3. The van der Waals surface area contributed by atoms with E-state index in [4.69, 9.17) is 0 Å². The number of nitrogens with zero attached hydrogens (tertiary/aromatic N) is 4. The predicted octanol–water partition coefficient (Wildman–Crippen LogP) is 4.39. The Kier molecular flexibility index (Phi) is 5.91. The number of hydrogen-bond acceptors (Lipinski definition) is 6. The second-order valence-corrected chi connectivity index (χ2v) is 9.10. The second-order valence-electron chi connectivity index (χ2n) is 7.42. The molecular formula is C23H24N6O2S. The van der Waals surface area contributed by atoms with Gasteiger partial charge < -0.3 is 5.32 Å². The van der Waals surface area contributed by atoms with Crippen LogP contribution in [0.15, 0.2) is 71.6 Å². The summed E-state index contributed by atoms with van der Waals surface area (Å²) < 4.78 is 29.5. The van der Waals surface area contributed by atoms with E-state index in [1.54, 1.807) is 41.1 Å². The normalized spacial score (nSPS) is 11.3. The fourth-order valence-corrected chi connectivity index (χ4v) is 4.31. The van der Waals surface area contributed by atoms with Crippen molar-refractivity contribution in [2.45, 2.75) is 32.1 Å². The zero-order valence-electron chi connectivity index (χ0n) is 18.1.